The van der Waals surface area contributed by atoms with E-state index in [-0.39, 0.29) is 23.8 Å². The maximum Gasteiger partial charge on any atom is 0.227 e. The molecule has 1 aromatic heterocycles. The first-order chi connectivity index (χ1) is 12.0. The number of nitrogens with zero attached hydrogens (tertiary/aromatic N) is 5. The van der Waals surface area contributed by atoms with Gasteiger partial charge in [-0.3, -0.25) is 9.59 Å². The molecule has 2 saturated heterocycles. The number of aryl methyl sites for hydroxylation is 1. The lowest BCUT2D eigenvalue weighted by Crippen LogP contribution is -2.42. The number of hydrogen-bond acceptors (Lipinski definition) is 4. The molecule has 0 spiro atoms. The second-order valence-electron chi connectivity index (χ2n) is 7.87. The van der Waals surface area contributed by atoms with Crippen LogP contribution in [0.15, 0.2) is 0 Å². The van der Waals surface area contributed by atoms with Crippen LogP contribution in [-0.4, -0.2) is 62.1 Å². The number of amides is 2. The molecule has 0 radical (unpaired) electrons. The molecule has 0 bridgehead atoms. The predicted molar refractivity (Wildman–Crippen MR) is 91.9 cm³/mol. The van der Waals surface area contributed by atoms with Gasteiger partial charge in [-0.15, -0.1) is 10.2 Å². The topological polar surface area (TPSA) is 71.3 Å². The molecule has 2 amide bonds. The Morgan fingerprint density at radius 3 is 2.60 bits per heavy atom. The van der Waals surface area contributed by atoms with E-state index in [9.17, 15) is 9.59 Å². The van der Waals surface area contributed by atoms with Gasteiger partial charge in [-0.25, -0.2) is 0 Å². The first kappa shape index (κ1) is 16.5. The summed E-state index contributed by atoms with van der Waals surface area (Å²) in [6.45, 7) is 7.15. The number of piperidine rings is 1. The SMILES string of the molecule is CC(C)N1CC(C(=O)N2CCC(c3nnc4n3CCC4)CC2)CC1=O. The zero-order valence-electron chi connectivity index (χ0n) is 15.1. The number of carbonyl (C=O) groups excluding carboxylic acids is 2. The van der Waals surface area contributed by atoms with Gasteiger partial charge in [0, 0.05) is 51.0 Å². The van der Waals surface area contributed by atoms with Crippen molar-refractivity contribution in [2.75, 3.05) is 19.6 Å². The van der Waals surface area contributed by atoms with E-state index in [1.54, 1.807) is 0 Å². The van der Waals surface area contributed by atoms with Crippen molar-refractivity contribution in [1.29, 1.82) is 0 Å². The van der Waals surface area contributed by atoms with Gasteiger partial charge in [-0.1, -0.05) is 0 Å². The van der Waals surface area contributed by atoms with Gasteiger partial charge in [0.25, 0.3) is 0 Å². The molecule has 7 nitrogen and oxygen atoms in total. The van der Waals surface area contributed by atoms with Crippen LogP contribution in [0, 0.1) is 5.92 Å². The van der Waals surface area contributed by atoms with Crippen LogP contribution in [0.4, 0.5) is 0 Å². The average Bonchev–Trinajstić information content (AvgIpc) is 3.29. The zero-order chi connectivity index (χ0) is 17.6. The lowest BCUT2D eigenvalue weighted by Gasteiger charge is -2.33. The van der Waals surface area contributed by atoms with Crippen LogP contribution in [0.25, 0.3) is 0 Å². The smallest absolute Gasteiger partial charge is 0.227 e. The summed E-state index contributed by atoms with van der Waals surface area (Å²) in [5.74, 6) is 2.74. The van der Waals surface area contributed by atoms with E-state index in [2.05, 4.69) is 14.8 Å². The maximum atomic E-state index is 12.8. The molecule has 0 aliphatic carbocycles. The van der Waals surface area contributed by atoms with Crippen molar-refractivity contribution in [2.24, 2.45) is 5.92 Å². The lowest BCUT2D eigenvalue weighted by molar-refractivity contribution is -0.136. The van der Waals surface area contributed by atoms with Gasteiger partial charge in [0.2, 0.25) is 11.8 Å². The Morgan fingerprint density at radius 1 is 1.16 bits per heavy atom. The van der Waals surface area contributed by atoms with Crippen molar-refractivity contribution in [3.05, 3.63) is 11.6 Å². The van der Waals surface area contributed by atoms with E-state index in [1.165, 1.54) is 0 Å². The highest BCUT2D eigenvalue weighted by Gasteiger charge is 2.38. The standard InChI is InChI=1S/C18H27N5O2/c1-12(2)23-11-14(10-16(23)24)18(25)21-8-5-13(6-9-21)17-20-19-15-4-3-7-22(15)17/h12-14H,3-11H2,1-2H3. The van der Waals surface area contributed by atoms with Crippen molar-refractivity contribution >= 4 is 11.8 Å². The molecule has 0 aromatic carbocycles. The molecule has 1 unspecified atom stereocenters. The Bertz CT molecular complexity index is 675. The minimum absolute atomic E-state index is 0.113. The Labute approximate surface area is 148 Å². The highest BCUT2D eigenvalue weighted by atomic mass is 16.2. The van der Waals surface area contributed by atoms with Crippen LogP contribution < -0.4 is 0 Å². The van der Waals surface area contributed by atoms with Crippen molar-refractivity contribution in [3.63, 3.8) is 0 Å². The minimum atomic E-state index is -0.163. The van der Waals surface area contributed by atoms with Crippen molar-refractivity contribution in [2.45, 2.75) is 64.5 Å². The Hall–Kier alpha value is -1.92. The molecule has 7 heteroatoms. The summed E-state index contributed by atoms with van der Waals surface area (Å²) in [6.07, 6.45) is 4.45. The van der Waals surface area contributed by atoms with Gasteiger partial charge < -0.3 is 14.4 Å². The highest BCUT2D eigenvalue weighted by molar-refractivity contribution is 5.89. The second-order valence-corrected chi connectivity index (χ2v) is 7.87. The molecule has 1 atom stereocenters. The van der Waals surface area contributed by atoms with Gasteiger partial charge >= 0.3 is 0 Å². The summed E-state index contributed by atoms with van der Waals surface area (Å²) in [5.41, 5.74) is 0. The lowest BCUT2D eigenvalue weighted by atomic mass is 9.94. The summed E-state index contributed by atoms with van der Waals surface area (Å²) in [4.78, 5) is 28.7. The van der Waals surface area contributed by atoms with E-state index in [0.717, 1.165) is 57.0 Å². The largest absolute Gasteiger partial charge is 0.342 e. The Balaban J connectivity index is 1.36. The van der Waals surface area contributed by atoms with Crippen molar-refractivity contribution in [1.82, 2.24) is 24.6 Å². The van der Waals surface area contributed by atoms with Gasteiger partial charge in [-0.2, -0.15) is 0 Å². The molecular weight excluding hydrogens is 318 g/mol. The van der Waals surface area contributed by atoms with Gasteiger partial charge in [0.05, 0.1) is 5.92 Å². The molecular formula is C18H27N5O2. The normalized spacial score (nSPS) is 24.4. The third kappa shape index (κ3) is 2.93. The monoisotopic (exact) mass is 345 g/mol. The van der Waals surface area contributed by atoms with E-state index < -0.39 is 0 Å². The van der Waals surface area contributed by atoms with Crippen LogP contribution in [0.5, 0.6) is 0 Å². The zero-order valence-corrected chi connectivity index (χ0v) is 15.1. The molecule has 4 rings (SSSR count). The van der Waals surface area contributed by atoms with Crippen molar-refractivity contribution < 1.29 is 9.59 Å². The van der Waals surface area contributed by atoms with Gasteiger partial charge in [0.15, 0.2) is 0 Å². The molecule has 25 heavy (non-hydrogen) atoms. The number of hydrogen-bond donors (Lipinski definition) is 0. The highest BCUT2D eigenvalue weighted by Crippen LogP contribution is 2.31. The minimum Gasteiger partial charge on any atom is -0.342 e. The van der Waals surface area contributed by atoms with E-state index in [1.807, 2.05) is 23.6 Å². The molecule has 3 aliphatic rings. The fourth-order valence-corrected chi connectivity index (χ4v) is 4.49. The van der Waals surface area contributed by atoms with E-state index >= 15 is 0 Å². The first-order valence-corrected chi connectivity index (χ1v) is 9.55. The third-order valence-electron chi connectivity index (χ3n) is 5.94. The number of likely N-dealkylation sites (tertiary alicyclic amines) is 2. The number of fused-ring (bicyclic) bond motifs is 1. The third-order valence-corrected chi connectivity index (χ3v) is 5.94. The van der Waals surface area contributed by atoms with E-state index in [4.69, 9.17) is 0 Å². The molecule has 1 aromatic rings. The van der Waals surface area contributed by atoms with Crippen LogP contribution in [-0.2, 0) is 22.6 Å². The summed E-state index contributed by atoms with van der Waals surface area (Å²) >= 11 is 0. The van der Waals surface area contributed by atoms with Crippen LogP contribution in [0.2, 0.25) is 0 Å². The Morgan fingerprint density at radius 2 is 1.92 bits per heavy atom. The molecule has 4 heterocycles. The second kappa shape index (κ2) is 6.42. The van der Waals surface area contributed by atoms with Crippen LogP contribution in [0.1, 0.15) is 57.1 Å². The molecule has 136 valence electrons. The first-order valence-electron chi connectivity index (χ1n) is 9.55. The Kier molecular flexibility index (Phi) is 4.25. The fourth-order valence-electron chi connectivity index (χ4n) is 4.49. The van der Waals surface area contributed by atoms with Gasteiger partial charge in [0.1, 0.15) is 11.6 Å². The molecule has 3 aliphatic heterocycles. The maximum absolute atomic E-state index is 12.8. The van der Waals surface area contributed by atoms with Crippen molar-refractivity contribution in [3.8, 4) is 0 Å². The van der Waals surface area contributed by atoms with Crippen LogP contribution in [0.3, 0.4) is 0 Å². The van der Waals surface area contributed by atoms with Gasteiger partial charge in [-0.05, 0) is 33.1 Å². The molecule has 0 N–H and O–H groups in total. The summed E-state index contributed by atoms with van der Waals surface area (Å²) in [7, 11) is 0. The quantitative estimate of drug-likeness (QED) is 0.825. The number of carbonyl (C=O) groups is 2. The summed E-state index contributed by atoms with van der Waals surface area (Å²) in [5, 5.41) is 8.72. The fraction of sp³-hybridized carbons (Fsp3) is 0.778. The van der Waals surface area contributed by atoms with Crippen LogP contribution >= 0.6 is 0 Å². The molecule has 2 fully saturated rings. The van der Waals surface area contributed by atoms with E-state index in [0.29, 0.717) is 18.9 Å². The number of rotatable bonds is 3. The molecule has 0 saturated carbocycles. The predicted octanol–water partition coefficient (Wildman–Crippen LogP) is 1.19. The number of aromatic nitrogens is 3. The summed E-state index contributed by atoms with van der Waals surface area (Å²) < 4.78 is 2.28. The average molecular weight is 345 g/mol. The summed E-state index contributed by atoms with van der Waals surface area (Å²) in [6, 6.07) is 0.172.